The number of ether oxygens (including phenoxy) is 1. The van der Waals surface area contributed by atoms with Crippen LogP contribution in [0.2, 0.25) is 0 Å². The Morgan fingerprint density at radius 3 is 2.26 bits per heavy atom. The predicted octanol–water partition coefficient (Wildman–Crippen LogP) is 3.49. The molecule has 4 nitrogen and oxygen atoms in total. The van der Waals surface area contributed by atoms with E-state index in [-0.39, 0.29) is 6.10 Å². The number of hydrogen-bond acceptors (Lipinski definition) is 3. The molecule has 1 fully saturated rings. The number of benzene rings is 2. The predicted molar refractivity (Wildman–Crippen MR) is 89.4 cm³/mol. The summed E-state index contributed by atoms with van der Waals surface area (Å²) in [5.74, 6) is 0. The van der Waals surface area contributed by atoms with Crippen molar-refractivity contribution < 1.29 is 13.2 Å². The molecule has 3 rings (SSSR count). The first-order chi connectivity index (χ1) is 10.8. The van der Waals surface area contributed by atoms with E-state index in [1.54, 1.807) is 26.0 Å². The molecule has 0 radical (unpaired) electrons. The number of rotatable bonds is 3. The Balaban J connectivity index is 1.94. The number of hydrogen-bond donors (Lipinski definition) is 0. The summed E-state index contributed by atoms with van der Waals surface area (Å²) in [7, 11) is -3.60. The highest BCUT2D eigenvalue weighted by Gasteiger charge is 2.47. The molecule has 1 aliphatic rings. The summed E-state index contributed by atoms with van der Waals surface area (Å²) in [5.41, 5.74) is 1.13. The second kappa shape index (κ2) is 5.74. The normalized spacial score (nSPS) is 21.4. The summed E-state index contributed by atoms with van der Waals surface area (Å²) in [6.07, 6.45) is -0.258. The molecule has 0 N–H and O–H groups in total. The minimum absolute atomic E-state index is 0.258. The molecule has 2 aromatic rings. The van der Waals surface area contributed by atoms with Crippen LogP contribution in [0.1, 0.15) is 31.1 Å². The lowest BCUT2D eigenvalue weighted by atomic mass is 10.1. The number of nitrogens with zero attached hydrogens (tertiary/aromatic N) is 1. The van der Waals surface area contributed by atoms with Crippen LogP contribution in [0.5, 0.6) is 0 Å². The van der Waals surface area contributed by atoms with E-state index in [9.17, 15) is 8.42 Å². The zero-order valence-corrected chi connectivity index (χ0v) is 14.4. The maximum Gasteiger partial charge on any atom is 0.245 e. The smallest absolute Gasteiger partial charge is 0.245 e. The maximum absolute atomic E-state index is 13.0. The third kappa shape index (κ3) is 3.04. The largest absolute Gasteiger partial charge is 0.351 e. The lowest BCUT2D eigenvalue weighted by Gasteiger charge is -2.28. The zero-order chi connectivity index (χ0) is 16.7. The van der Waals surface area contributed by atoms with Gasteiger partial charge in [0.05, 0.1) is 11.0 Å². The summed E-state index contributed by atoms with van der Waals surface area (Å²) >= 11 is 0. The Bertz CT molecular complexity index is 783. The second-order valence-electron chi connectivity index (χ2n) is 6.31. The summed E-state index contributed by atoms with van der Waals surface area (Å²) in [6, 6.07) is 16.6. The topological polar surface area (TPSA) is 46.6 Å². The van der Waals surface area contributed by atoms with Crippen LogP contribution in [-0.4, -0.2) is 25.0 Å². The quantitative estimate of drug-likeness (QED) is 0.865. The third-order valence-corrected chi connectivity index (χ3v) is 6.18. The van der Waals surface area contributed by atoms with Crippen molar-refractivity contribution in [3.8, 4) is 0 Å². The first kappa shape index (κ1) is 16.2. The molecule has 5 heteroatoms. The van der Waals surface area contributed by atoms with E-state index in [1.165, 1.54) is 4.31 Å². The highest BCUT2D eigenvalue weighted by molar-refractivity contribution is 7.89. The standard InChI is InChI=1S/C18H21NO3S/c1-14-9-11-16(12-10-14)23(20,21)19-13-17(22-18(19,2)3)15-7-5-4-6-8-15/h4-12,17H,13H2,1-3H3. The summed E-state index contributed by atoms with van der Waals surface area (Å²) in [6.45, 7) is 5.83. The Labute approximate surface area is 137 Å². The average Bonchev–Trinajstić information content (AvgIpc) is 2.85. The monoisotopic (exact) mass is 331 g/mol. The van der Waals surface area contributed by atoms with Crippen molar-refractivity contribution in [3.05, 3.63) is 65.7 Å². The third-order valence-electron chi connectivity index (χ3n) is 4.14. The summed E-state index contributed by atoms with van der Waals surface area (Å²) in [4.78, 5) is 0.300. The van der Waals surface area contributed by atoms with E-state index in [1.807, 2.05) is 49.4 Å². The molecule has 1 atom stereocenters. The molecule has 0 bridgehead atoms. The molecule has 2 aromatic carbocycles. The van der Waals surface area contributed by atoms with E-state index in [2.05, 4.69) is 0 Å². The van der Waals surface area contributed by atoms with Crippen LogP contribution < -0.4 is 0 Å². The first-order valence-electron chi connectivity index (χ1n) is 7.63. The Morgan fingerprint density at radius 1 is 1.04 bits per heavy atom. The van der Waals surface area contributed by atoms with Crippen LogP contribution in [0.3, 0.4) is 0 Å². The number of sulfonamides is 1. The molecule has 122 valence electrons. The first-order valence-corrected chi connectivity index (χ1v) is 9.07. The van der Waals surface area contributed by atoms with Crippen LogP contribution in [0.15, 0.2) is 59.5 Å². The number of aryl methyl sites for hydroxylation is 1. The van der Waals surface area contributed by atoms with Crippen LogP contribution >= 0.6 is 0 Å². The Morgan fingerprint density at radius 2 is 1.65 bits per heavy atom. The highest BCUT2D eigenvalue weighted by atomic mass is 32.2. The fraction of sp³-hybridized carbons (Fsp3) is 0.333. The van der Waals surface area contributed by atoms with Gasteiger partial charge in [0.2, 0.25) is 10.0 Å². The van der Waals surface area contributed by atoms with E-state index in [0.717, 1.165) is 11.1 Å². The molecule has 0 amide bonds. The lowest BCUT2D eigenvalue weighted by Crippen LogP contribution is -2.43. The molecule has 0 aromatic heterocycles. The Hall–Kier alpha value is -1.69. The van der Waals surface area contributed by atoms with Gasteiger partial charge in [-0.2, -0.15) is 4.31 Å². The molecule has 1 unspecified atom stereocenters. The van der Waals surface area contributed by atoms with Crippen molar-refractivity contribution in [3.63, 3.8) is 0 Å². The fourth-order valence-electron chi connectivity index (χ4n) is 2.88. The minimum Gasteiger partial charge on any atom is -0.351 e. The molecule has 1 heterocycles. The minimum atomic E-state index is -3.60. The molecule has 1 aliphatic heterocycles. The lowest BCUT2D eigenvalue weighted by molar-refractivity contribution is -0.0508. The van der Waals surface area contributed by atoms with Crippen LogP contribution in [0, 0.1) is 6.92 Å². The molecule has 1 saturated heterocycles. The Kier molecular flexibility index (Phi) is 4.04. The van der Waals surface area contributed by atoms with Crippen molar-refractivity contribution in [2.45, 2.75) is 37.5 Å². The highest BCUT2D eigenvalue weighted by Crippen LogP contribution is 2.39. The molecule has 0 saturated carbocycles. The van der Waals surface area contributed by atoms with Crippen molar-refractivity contribution in [1.82, 2.24) is 4.31 Å². The van der Waals surface area contributed by atoms with Gasteiger partial charge in [0.1, 0.15) is 5.72 Å². The van der Waals surface area contributed by atoms with Gasteiger partial charge in [-0.15, -0.1) is 0 Å². The van der Waals surface area contributed by atoms with E-state index >= 15 is 0 Å². The van der Waals surface area contributed by atoms with Gasteiger partial charge >= 0.3 is 0 Å². The van der Waals surface area contributed by atoms with Gasteiger partial charge in [0.25, 0.3) is 0 Å². The average molecular weight is 331 g/mol. The SMILES string of the molecule is Cc1ccc(S(=O)(=O)N2CC(c3ccccc3)OC2(C)C)cc1. The van der Waals surface area contributed by atoms with Crippen molar-refractivity contribution in [2.75, 3.05) is 6.54 Å². The van der Waals surface area contributed by atoms with Crippen molar-refractivity contribution >= 4 is 10.0 Å². The van der Waals surface area contributed by atoms with Gasteiger partial charge in [-0.3, -0.25) is 0 Å². The molecule has 0 aliphatic carbocycles. The molecular weight excluding hydrogens is 310 g/mol. The molecular formula is C18H21NO3S. The van der Waals surface area contributed by atoms with Crippen molar-refractivity contribution in [1.29, 1.82) is 0 Å². The summed E-state index contributed by atoms with van der Waals surface area (Å²) < 4.78 is 33.4. The van der Waals surface area contributed by atoms with E-state index < -0.39 is 15.7 Å². The summed E-state index contributed by atoms with van der Waals surface area (Å²) in [5, 5.41) is 0. The second-order valence-corrected chi connectivity index (χ2v) is 8.18. The van der Waals surface area contributed by atoms with Crippen molar-refractivity contribution in [2.24, 2.45) is 0 Å². The van der Waals surface area contributed by atoms with Gasteiger partial charge < -0.3 is 4.74 Å². The van der Waals surface area contributed by atoms with Crippen LogP contribution in [0.25, 0.3) is 0 Å². The van der Waals surface area contributed by atoms with Gasteiger partial charge in [0.15, 0.2) is 0 Å². The van der Waals surface area contributed by atoms with Gasteiger partial charge in [-0.1, -0.05) is 48.0 Å². The van der Waals surface area contributed by atoms with Crippen LogP contribution in [-0.2, 0) is 14.8 Å². The van der Waals surface area contributed by atoms with Gasteiger partial charge in [-0.05, 0) is 38.5 Å². The van der Waals surface area contributed by atoms with Crippen LogP contribution in [0.4, 0.5) is 0 Å². The van der Waals surface area contributed by atoms with E-state index in [4.69, 9.17) is 4.74 Å². The zero-order valence-electron chi connectivity index (χ0n) is 13.6. The molecule has 23 heavy (non-hydrogen) atoms. The molecule has 0 spiro atoms. The fourth-order valence-corrected chi connectivity index (χ4v) is 4.57. The van der Waals surface area contributed by atoms with Gasteiger partial charge in [0, 0.05) is 6.54 Å². The van der Waals surface area contributed by atoms with Gasteiger partial charge in [-0.25, -0.2) is 8.42 Å². The van der Waals surface area contributed by atoms with E-state index in [0.29, 0.717) is 11.4 Å². The maximum atomic E-state index is 13.0.